The zero-order chi connectivity index (χ0) is 16.4. The van der Waals surface area contributed by atoms with Crippen molar-refractivity contribution in [1.29, 1.82) is 0 Å². The summed E-state index contributed by atoms with van der Waals surface area (Å²) in [5.74, 6) is 0.186. The molecule has 1 aromatic carbocycles. The van der Waals surface area contributed by atoms with E-state index in [9.17, 15) is 4.79 Å². The van der Waals surface area contributed by atoms with Crippen molar-refractivity contribution >= 4 is 34.8 Å². The van der Waals surface area contributed by atoms with E-state index in [-0.39, 0.29) is 11.4 Å². The van der Waals surface area contributed by atoms with Gasteiger partial charge in [-0.1, -0.05) is 58.2 Å². The topological polar surface area (TPSA) is 73.8 Å². The van der Waals surface area contributed by atoms with Gasteiger partial charge in [0.1, 0.15) is 0 Å². The summed E-state index contributed by atoms with van der Waals surface area (Å²) < 4.78 is 4.51. The summed E-state index contributed by atoms with van der Waals surface area (Å²) >= 11 is 17.1. The number of rotatable bonds is 3. The number of hydrogen-bond donors (Lipinski definition) is 0. The molecular weight excluding hydrogens is 363 g/mol. The van der Waals surface area contributed by atoms with Crippen molar-refractivity contribution in [3.8, 4) is 11.4 Å². The van der Waals surface area contributed by atoms with Crippen molar-refractivity contribution in [3.05, 3.63) is 64.4 Å². The van der Waals surface area contributed by atoms with Crippen LogP contribution in [-0.4, -0.2) is 19.9 Å². The van der Waals surface area contributed by atoms with Crippen LogP contribution >= 0.6 is 34.8 Å². The van der Waals surface area contributed by atoms with E-state index < -0.39 is 3.79 Å². The monoisotopic (exact) mass is 370 g/mol. The Morgan fingerprint density at radius 2 is 2.00 bits per heavy atom. The van der Waals surface area contributed by atoms with Gasteiger partial charge in [0.25, 0.3) is 15.2 Å². The minimum absolute atomic E-state index is 0.108. The quantitative estimate of drug-likeness (QED) is 0.661. The Kier molecular flexibility index (Phi) is 4.39. The summed E-state index contributed by atoms with van der Waals surface area (Å²) in [4.78, 5) is 15.8. The molecule has 0 aliphatic carbocycles. The van der Waals surface area contributed by atoms with Gasteiger partial charge < -0.3 is 4.52 Å². The molecule has 2 aromatic heterocycles. The van der Waals surface area contributed by atoms with Crippen molar-refractivity contribution in [1.82, 2.24) is 19.9 Å². The maximum Gasteiger partial charge on any atom is 0.279 e. The van der Waals surface area contributed by atoms with Gasteiger partial charge in [0.15, 0.2) is 0 Å². The molecule has 0 fully saturated rings. The normalized spacial score (nSPS) is 11.6. The van der Waals surface area contributed by atoms with Crippen LogP contribution in [0.2, 0.25) is 0 Å². The summed E-state index contributed by atoms with van der Waals surface area (Å²) in [6.07, 6.45) is 1.55. The molecule has 3 rings (SSSR count). The van der Waals surface area contributed by atoms with Crippen LogP contribution in [0.1, 0.15) is 11.5 Å². The first-order valence-electron chi connectivity index (χ1n) is 6.46. The van der Waals surface area contributed by atoms with Gasteiger partial charge in [0.05, 0.1) is 6.54 Å². The maximum atomic E-state index is 11.7. The van der Waals surface area contributed by atoms with E-state index in [1.807, 2.05) is 18.2 Å². The molecule has 2 heterocycles. The third kappa shape index (κ3) is 3.72. The van der Waals surface area contributed by atoms with E-state index in [0.717, 1.165) is 5.56 Å². The Labute approximate surface area is 145 Å². The second kappa shape index (κ2) is 6.31. The average molecular weight is 372 g/mol. The van der Waals surface area contributed by atoms with E-state index in [0.29, 0.717) is 17.9 Å². The van der Waals surface area contributed by atoms with Crippen LogP contribution in [-0.2, 0) is 10.3 Å². The van der Waals surface area contributed by atoms with E-state index in [4.69, 9.17) is 39.3 Å². The highest BCUT2D eigenvalue weighted by molar-refractivity contribution is 6.66. The van der Waals surface area contributed by atoms with Crippen LogP contribution in [0.25, 0.3) is 11.4 Å². The lowest BCUT2D eigenvalue weighted by Gasteiger charge is -2.05. The predicted molar refractivity (Wildman–Crippen MR) is 86.6 cm³/mol. The number of aromatic nitrogens is 4. The highest BCUT2D eigenvalue weighted by Crippen LogP contribution is 2.37. The molecule has 0 radical (unpaired) electrons. The molecule has 0 bridgehead atoms. The second-order valence-corrected chi connectivity index (χ2v) is 6.92. The number of halogens is 3. The van der Waals surface area contributed by atoms with Crippen LogP contribution in [0.3, 0.4) is 0 Å². The van der Waals surface area contributed by atoms with Crippen LogP contribution in [0.15, 0.2) is 51.9 Å². The zero-order valence-corrected chi connectivity index (χ0v) is 13.8. The van der Waals surface area contributed by atoms with Crippen molar-refractivity contribution in [3.63, 3.8) is 0 Å². The van der Waals surface area contributed by atoms with Gasteiger partial charge in [0, 0.05) is 17.8 Å². The number of nitrogens with zero attached hydrogens (tertiary/aromatic N) is 4. The standard InChI is InChI=1S/C14H9Cl3N4O2/c15-14(16,17)13-19-12(20-23-13)10-4-1-3-9(7-10)8-21-11(22)5-2-6-18-21/h1-7H,8H2. The lowest BCUT2D eigenvalue weighted by atomic mass is 10.1. The van der Waals surface area contributed by atoms with Gasteiger partial charge in [-0.15, -0.1) is 0 Å². The summed E-state index contributed by atoms with van der Waals surface area (Å²) in [6.45, 7) is 0.322. The van der Waals surface area contributed by atoms with Crippen molar-refractivity contribution < 1.29 is 4.52 Å². The lowest BCUT2D eigenvalue weighted by molar-refractivity contribution is 0.383. The molecule has 118 valence electrons. The molecule has 0 atom stereocenters. The Balaban J connectivity index is 1.90. The van der Waals surface area contributed by atoms with E-state index in [2.05, 4.69) is 15.2 Å². The van der Waals surface area contributed by atoms with Crippen molar-refractivity contribution in [2.75, 3.05) is 0 Å². The molecule has 0 saturated carbocycles. The van der Waals surface area contributed by atoms with Gasteiger partial charge in [-0.05, 0) is 17.7 Å². The Morgan fingerprint density at radius 1 is 1.17 bits per heavy atom. The third-order valence-corrected chi connectivity index (χ3v) is 3.46. The molecule has 23 heavy (non-hydrogen) atoms. The van der Waals surface area contributed by atoms with E-state index >= 15 is 0 Å². The molecular formula is C14H9Cl3N4O2. The number of hydrogen-bond acceptors (Lipinski definition) is 5. The van der Waals surface area contributed by atoms with E-state index in [1.165, 1.54) is 10.7 Å². The Morgan fingerprint density at radius 3 is 2.70 bits per heavy atom. The van der Waals surface area contributed by atoms with Crippen LogP contribution in [0.4, 0.5) is 0 Å². The van der Waals surface area contributed by atoms with Crippen LogP contribution < -0.4 is 5.56 Å². The molecule has 0 unspecified atom stereocenters. The predicted octanol–water partition coefficient (Wildman–Crippen LogP) is 3.17. The summed E-state index contributed by atoms with van der Waals surface area (Å²) in [7, 11) is 0. The maximum absolute atomic E-state index is 11.7. The highest BCUT2D eigenvalue weighted by atomic mass is 35.6. The third-order valence-electron chi connectivity index (χ3n) is 2.97. The molecule has 0 spiro atoms. The molecule has 0 saturated heterocycles. The molecule has 0 aliphatic heterocycles. The van der Waals surface area contributed by atoms with Crippen LogP contribution in [0, 0.1) is 0 Å². The Hall–Kier alpha value is -1.89. The first-order valence-corrected chi connectivity index (χ1v) is 7.59. The Bertz CT molecular complexity index is 886. The van der Waals surface area contributed by atoms with Crippen molar-refractivity contribution in [2.45, 2.75) is 10.3 Å². The van der Waals surface area contributed by atoms with Gasteiger partial charge >= 0.3 is 0 Å². The van der Waals surface area contributed by atoms with Gasteiger partial charge in [-0.2, -0.15) is 10.1 Å². The lowest BCUT2D eigenvalue weighted by Crippen LogP contribution is -2.21. The van der Waals surface area contributed by atoms with Crippen molar-refractivity contribution in [2.24, 2.45) is 0 Å². The fourth-order valence-corrected chi connectivity index (χ4v) is 2.17. The first kappa shape index (κ1) is 16.0. The summed E-state index contributed by atoms with van der Waals surface area (Å²) in [5, 5.41) is 7.81. The number of benzene rings is 1. The first-order chi connectivity index (χ1) is 10.9. The van der Waals surface area contributed by atoms with Gasteiger partial charge in [-0.3, -0.25) is 4.79 Å². The molecule has 0 N–H and O–H groups in total. The number of alkyl halides is 3. The van der Waals surface area contributed by atoms with Gasteiger partial charge in [-0.25, -0.2) is 4.68 Å². The fraction of sp³-hybridized carbons (Fsp3) is 0.143. The van der Waals surface area contributed by atoms with E-state index in [1.54, 1.807) is 18.3 Å². The molecule has 0 aliphatic rings. The molecule has 3 aromatic rings. The summed E-state index contributed by atoms with van der Waals surface area (Å²) in [5.41, 5.74) is 1.34. The highest BCUT2D eigenvalue weighted by Gasteiger charge is 2.30. The minimum Gasteiger partial charge on any atom is -0.334 e. The average Bonchev–Trinajstić information content (AvgIpc) is 3.00. The minimum atomic E-state index is -1.77. The molecule has 9 heteroatoms. The largest absolute Gasteiger partial charge is 0.334 e. The van der Waals surface area contributed by atoms with Gasteiger partial charge in [0.2, 0.25) is 5.82 Å². The van der Waals surface area contributed by atoms with Crippen LogP contribution in [0.5, 0.6) is 0 Å². The summed E-state index contributed by atoms with van der Waals surface area (Å²) in [6, 6.07) is 10.3. The smallest absolute Gasteiger partial charge is 0.279 e. The molecule has 0 amide bonds. The SMILES string of the molecule is O=c1cccnn1Cc1cccc(-c2noc(C(Cl)(Cl)Cl)n2)c1. The zero-order valence-electron chi connectivity index (χ0n) is 11.5. The fourth-order valence-electron chi connectivity index (χ4n) is 1.94. The molecule has 6 nitrogen and oxygen atoms in total. The second-order valence-electron chi connectivity index (χ2n) is 4.64.